The predicted molar refractivity (Wildman–Crippen MR) is 74.5 cm³/mol. The summed E-state index contributed by atoms with van der Waals surface area (Å²) in [5, 5.41) is 21.0. The maximum atomic E-state index is 11.0. The lowest BCUT2D eigenvalue weighted by Crippen LogP contribution is -2.12. The molecule has 1 aliphatic carbocycles. The molecule has 20 heavy (non-hydrogen) atoms. The van der Waals surface area contributed by atoms with Crippen LogP contribution in [-0.4, -0.2) is 14.6 Å². The van der Waals surface area contributed by atoms with Crippen molar-refractivity contribution in [2.24, 2.45) is 0 Å². The van der Waals surface area contributed by atoms with Crippen molar-refractivity contribution in [2.45, 2.75) is 31.9 Å². The predicted octanol–water partition coefficient (Wildman–Crippen LogP) is 2.81. The number of fused-ring (bicyclic) bond motifs is 1. The molecule has 0 saturated carbocycles. The van der Waals surface area contributed by atoms with Gasteiger partial charge in [0.1, 0.15) is 0 Å². The van der Waals surface area contributed by atoms with Crippen LogP contribution in [0.4, 0.5) is 5.69 Å². The SMILES string of the molecule is O=[N+]([O-])c1ccccc1Cn1ccc2c1CCCC2O. The maximum absolute atomic E-state index is 11.0. The van der Waals surface area contributed by atoms with Gasteiger partial charge in [0.25, 0.3) is 5.69 Å². The fourth-order valence-electron chi connectivity index (χ4n) is 2.89. The van der Waals surface area contributed by atoms with Crippen molar-refractivity contribution < 1.29 is 10.0 Å². The lowest BCUT2D eigenvalue weighted by molar-refractivity contribution is -0.385. The van der Waals surface area contributed by atoms with Crippen LogP contribution in [0.1, 0.15) is 35.8 Å². The van der Waals surface area contributed by atoms with E-state index < -0.39 is 6.10 Å². The number of benzene rings is 1. The van der Waals surface area contributed by atoms with Crippen LogP contribution in [0.25, 0.3) is 0 Å². The van der Waals surface area contributed by atoms with Crippen LogP contribution in [0.5, 0.6) is 0 Å². The van der Waals surface area contributed by atoms with Crippen LogP contribution < -0.4 is 0 Å². The topological polar surface area (TPSA) is 68.3 Å². The highest BCUT2D eigenvalue weighted by Crippen LogP contribution is 2.31. The second-order valence-corrected chi connectivity index (χ2v) is 5.14. The number of nitro groups is 1. The highest BCUT2D eigenvalue weighted by atomic mass is 16.6. The summed E-state index contributed by atoms with van der Waals surface area (Å²) in [6.45, 7) is 0.471. The van der Waals surface area contributed by atoms with Gasteiger partial charge >= 0.3 is 0 Å². The number of nitrogens with zero attached hydrogens (tertiary/aromatic N) is 2. The molecule has 0 amide bonds. The van der Waals surface area contributed by atoms with Gasteiger partial charge in [-0.15, -0.1) is 0 Å². The number of hydrogen-bond acceptors (Lipinski definition) is 3. The minimum atomic E-state index is -0.397. The number of aliphatic hydroxyl groups is 1. The first-order chi connectivity index (χ1) is 9.66. The van der Waals surface area contributed by atoms with Crippen molar-refractivity contribution in [2.75, 3.05) is 0 Å². The quantitative estimate of drug-likeness (QED) is 0.690. The zero-order valence-electron chi connectivity index (χ0n) is 11.0. The third-order valence-corrected chi connectivity index (χ3v) is 3.89. The fourth-order valence-corrected chi connectivity index (χ4v) is 2.89. The van der Waals surface area contributed by atoms with E-state index in [0.29, 0.717) is 12.1 Å². The average molecular weight is 272 g/mol. The average Bonchev–Trinajstić information content (AvgIpc) is 2.84. The molecular formula is C15H16N2O3. The molecule has 1 aliphatic rings. The summed E-state index contributed by atoms with van der Waals surface area (Å²) in [6.07, 6.45) is 4.18. The monoisotopic (exact) mass is 272 g/mol. The first kappa shape index (κ1) is 12.9. The van der Waals surface area contributed by atoms with Gasteiger partial charge < -0.3 is 9.67 Å². The first-order valence-corrected chi connectivity index (χ1v) is 6.75. The number of hydrogen-bond donors (Lipinski definition) is 1. The fraction of sp³-hybridized carbons (Fsp3) is 0.333. The molecule has 3 rings (SSSR count). The van der Waals surface area contributed by atoms with Gasteiger partial charge in [-0.05, 0) is 25.3 Å². The molecule has 2 aromatic rings. The Morgan fingerprint density at radius 1 is 1.35 bits per heavy atom. The minimum absolute atomic E-state index is 0.145. The molecule has 0 bridgehead atoms. The van der Waals surface area contributed by atoms with E-state index in [1.165, 1.54) is 6.07 Å². The number of nitro benzene ring substituents is 1. The summed E-state index contributed by atoms with van der Waals surface area (Å²) >= 11 is 0. The van der Waals surface area contributed by atoms with Gasteiger partial charge in [-0.3, -0.25) is 10.1 Å². The summed E-state index contributed by atoms with van der Waals surface area (Å²) < 4.78 is 2.01. The minimum Gasteiger partial charge on any atom is -0.388 e. The molecule has 1 aromatic carbocycles. The Hall–Kier alpha value is -2.14. The van der Waals surface area contributed by atoms with Crippen LogP contribution in [0.3, 0.4) is 0 Å². The van der Waals surface area contributed by atoms with Gasteiger partial charge in [-0.1, -0.05) is 18.2 Å². The molecule has 5 nitrogen and oxygen atoms in total. The Morgan fingerprint density at radius 2 is 2.15 bits per heavy atom. The van der Waals surface area contributed by atoms with E-state index in [1.54, 1.807) is 12.1 Å². The van der Waals surface area contributed by atoms with Gasteiger partial charge in [-0.2, -0.15) is 0 Å². The Morgan fingerprint density at radius 3 is 2.95 bits per heavy atom. The number of rotatable bonds is 3. The van der Waals surface area contributed by atoms with Crippen molar-refractivity contribution in [1.29, 1.82) is 0 Å². The summed E-state index contributed by atoms with van der Waals surface area (Å²) in [6, 6.07) is 8.72. The third kappa shape index (κ3) is 2.20. The highest BCUT2D eigenvalue weighted by molar-refractivity contribution is 5.40. The first-order valence-electron chi connectivity index (χ1n) is 6.75. The Labute approximate surface area is 116 Å². The standard InChI is InChI=1S/C15H16N2O3/c18-15-7-3-6-14-12(15)8-9-16(14)10-11-4-1-2-5-13(11)17(19)20/h1-2,4-5,8-9,15,18H,3,6-7,10H2. The zero-order valence-corrected chi connectivity index (χ0v) is 11.0. The van der Waals surface area contributed by atoms with Crippen LogP contribution >= 0.6 is 0 Å². The van der Waals surface area contributed by atoms with Crippen molar-refractivity contribution >= 4 is 5.69 Å². The highest BCUT2D eigenvalue weighted by Gasteiger charge is 2.22. The van der Waals surface area contributed by atoms with Crippen LogP contribution in [0.2, 0.25) is 0 Å². The number of para-hydroxylation sites is 1. The molecule has 0 spiro atoms. The molecule has 1 unspecified atom stereocenters. The second kappa shape index (κ2) is 5.09. The molecule has 1 aromatic heterocycles. The van der Waals surface area contributed by atoms with E-state index in [2.05, 4.69) is 0 Å². The molecule has 1 heterocycles. The summed E-state index contributed by atoms with van der Waals surface area (Å²) in [5.41, 5.74) is 2.90. The third-order valence-electron chi connectivity index (χ3n) is 3.89. The number of aromatic nitrogens is 1. The van der Waals surface area contributed by atoms with Gasteiger partial charge in [0.15, 0.2) is 0 Å². The van der Waals surface area contributed by atoms with E-state index in [9.17, 15) is 15.2 Å². The Bertz CT molecular complexity index is 648. The summed E-state index contributed by atoms with van der Waals surface area (Å²) in [5.74, 6) is 0. The molecular weight excluding hydrogens is 256 g/mol. The molecule has 0 saturated heterocycles. The van der Waals surface area contributed by atoms with Crippen molar-refractivity contribution in [1.82, 2.24) is 4.57 Å². The summed E-state index contributed by atoms with van der Waals surface area (Å²) in [4.78, 5) is 10.7. The maximum Gasteiger partial charge on any atom is 0.274 e. The van der Waals surface area contributed by atoms with E-state index in [1.807, 2.05) is 22.9 Å². The molecule has 5 heteroatoms. The second-order valence-electron chi connectivity index (χ2n) is 5.14. The van der Waals surface area contributed by atoms with Gasteiger partial charge in [0.05, 0.1) is 17.6 Å². The lowest BCUT2D eigenvalue weighted by atomic mass is 9.95. The lowest BCUT2D eigenvalue weighted by Gasteiger charge is -2.20. The van der Waals surface area contributed by atoms with E-state index >= 15 is 0 Å². The van der Waals surface area contributed by atoms with Crippen LogP contribution in [0, 0.1) is 10.1 Å². The van der Waals surface area contributed by atoms with E-state index in [-0.39, 0.29) is 10.6 Å². The number of aliphatic hydroxyl groups excluding tert-OH is 1. The molecule has 0 aliphatic heterocycles. The Kier molecular flexibility index (Phi) is 3.28. The van der Waals surface area contributed by atoms with Crippen molar-refractivity contribution in [3.05, 3.63) is 63.5 Å². The van der Waals surface area contributed by atoms with Crippen LogP contribution in [0.15, 0.2) is 36.5 Å². The molecule has 0 fully saturated rings. The van der Waals surface area contributed by atoms with Gasteiger partial charge in [-0.25, -0.2) is 0 Å². The van der Waals surface area contributed by atoms with Gasteiger partial charge in [0.2, 0.25) is 0 Å². The van der Waals surface area contributed by atoms with Crippen molar-refractivity contribution in [3.8, 4) is 0 Å². The zero-order chi connectivity index (χ0) is 14.1. The molecule has 1 atom stereocenters. The molecule has 104 valence electrons. The van der Waals surface area contributed by atoms with E-state index in [4.69, 9.17) is 0 Å². The largest absolute Gasteiger partial charge is 0.388 e. The molecule has 1 N–H and O–H groups in total. The van der Waals surface area contributed by atoms with Crippen LogP contribution in [-0.2, 0) is 13.0 Å². The Balaban J connectivity index is 1.95. The smallest absolute Gasteiger partial charge is 0.274 e. The van der Waals surface area contributed by atoms with Crippen molar-refractivity contribution in [3.63, 3.8) is 0 Å². The normalized spacial score (nSPS) is 17.8. The molecule has 0 radical (unpaired) electrons. The summed E-state index contributed by atoms with van der Waals surface area (Å²) in [7, 11) is 0. The van der Waals surface area contributed by atoms with E-state index in [0.717, 1.165) is 30.5 Å². The van der Waals surface area contributed by atoms with Gasteiger partial charge in [0, 0.05) is 29.1 Å².